The van der Waals surface area contributed by atoms with E-state index in [0.717, 1.165) is 16.4 Å². The lowest BCUT2D eigenvalue weighted by atomic mass is 10.3. The number of anilines is 1. The second kappa shape index (κ2) is 4.92. The van der Waals surface area contributed by atoms with Crippen LogP contribution in [0.15, 0.2) is 17.0 Å². The summed E-state index contributed by atoms with van der Waals surface area (Å²) in [5.41, 5.74) is 4.98. The first kappa shape index (κ1) is 13.8. The summed E-state index contributed by atoms with van der Waals surface area (Å²) in [6.07, 6.45) is 5.00. The van der Waals surface area contributed by atoms with Crippen molar-refractivity contribution in [1.82, 2.24) is 4.31 Å². The van der Waals surface area contributed by atoms with E-state index in [1.54, 1.807) is 0 Å². The maximum atomic E-state index is 13.6. The fraction of sp³-hybridized carbons (Fsp3) is 0.200. The predicted molar refractivity (Wildman–Crippen MR) is 64.5 cm³/mol. The van der Waals surface area contributed by atoms with Gasteiger partial charge in [-0.15, -0.1) is 6.42 Å². The van der Waals surface area contributed by atoms with E-state index in [4.69, 9.17) is 23.8 Å². The summed E-state index contributed by atoms with van der Waals surface area (Å²) in [7, 11) is -2.78. The van der Waals surface area contributed by atoms with Crippen LogP contribution in [-0.4, -0.2) is 26.3 Å². The molecule has 1 rings (SSSR count). The van der Waals surface area contributed by atoms with Gasteiger partial charge in [0.2, 0.25) is 10.0 Å². The van der Waals surface area contributed by atoms with Gasteiger partial charge in [-0.3, -0.25) is 0 Å². The van der Waals surface area contributed by atoms with Gasteiger partial charge in [-0.1, -0.05) is 17.5 Å². The average molecular weight is 277 g/mol. The largest absolute Gasteiger partial charge is 0.396 e. The van der Waals surface area contributed by atoms with E-state index in [1.165, 1.54) is 7.05 Å². The highest BCUT2D eigenvalue weighted by molar-refractivity contribution is 7.89. The molecular weight excluding hydrogens is 267 g/mol. The normalized spacial score (nSPS) is 11.5. The molecule has 0 saturated carbocycles. The van der Waals surface area contributed by atoms with Gasteiger partial charge < -0.3 is 5.73 Å². The van der Waals surface area contributed by atoms with Crippen molar-refractivity contribution in [3.8, 4) is 12.3 Å². The molecule has 17 heavy (non-hydrogen) atoms. The average Bonchev–Trinajstić information content (AvgIpc) is 2.23. The van der Waals surface area contributed by atoms with Crippen LogP contribution in [0, 0.1) is 18.2 Å². The molecule has 0 aliphatic carbocycles. The zero-order valence-electron chi connectivity index (χ0n) is 8.94. The Bertz CT molecular complexity index is 581. The van der Waals surface area contributed by atoms with Gasteiger partial charge in [-0.25, -0.2) is 12.8 Å². The lowest BCUT2D eigenvalue weighted by Gasteiger charge is -2.15. The van der Waals surface area contributed by atoms with Gasteiger partial charge in [0.15, 0.2) is 5.82 Å². The topological polar surface area (TPSA) is 63.4 Å². The molecule has 0 radical (unpaired) electrons. The smallest absolute Gasteiger partial charge is 0.246 e. The lowest BCUT2D eigenvalue weighted by molar-refractivity contribution is 0.493. The summed E-state index contributed by atoms with van der Waals surface area (Å²) >= 11 is 5.64. The first-order chi connectivity index (χ1) is 7.80. The highest BCUT2D eigenvalue weighted by Crippen LogP contribution is 2.26. The first-order valence-electron chi connectivity index (χ1n) is 4.45. The molecule has 0 aliphatic heterocycles. The van der Waals surface area contributed by atoms with Gasteiger partial charge in [0, 0.05) is 12.1 Å². The molecule has 0 aliphatic rings. The summed E-state index contributed by atoms with van der Waals surface area (Å²) in [5, 5.41) is 0.0385. The summed E-state index contributed by atoms with van der Waals surface area (Å²) < 4.78 is 38.3. The molecule has 0 fully saturated rings. The molecule has 0 unspecified atom stereocenters. The fourth-order valence-electron chi connectivity index (χ4n) is 1.15. The van der Waals surface area contributed by atoms with Crippen LogP contribution in [0.2, 0.25) is 5.02 Å². The second-order valence-electron chi connectivity index (χ2n) is 3.27. The number of nitrogens with zero attached hydrogens (tertiary/aromatic N) is 1. The van der Waals surface area contributed by atoms with Crippen LogP contribution in [0.4, 0.5) is 10.1 Å². The van der Waals surface area contributed by atoms with Crippen LogP contribution in [0.5, 0.6) is 0 Å². The van der Waals surface area contributed by atoms with Crippen LogP contribution in [-0.2, 0) is 10.0 Å². The lowest BCUT2D eigenvalue weighted by Crippen LogP contribution is -2.28. The van der Waals surface area contributed by atoms with Gasteiger partial charge in [-0.2, -0.15) is 4.31 Å². The van der Waals surface area contributed by atoms with E-state index >= 15 is 0 Å². The third-order valence-electron chi connectivity index (χ3n) is 2.03. The SMILES string of the molecule is C#CCN(C)S(=O)(=O)c1cc(Cl)cc(N)c1F. The number of nitrogen functional groups attached to an aromatic ring is 1. The molecule has 0 saturated heterocycles. The van der Waals surface area contributed by atoms with Crippen molar-refractivity contribution in [2.24, 2.45) is 0 Å². The number of sulfonamides is 1. The van der Waals surface area contributed by atoms with Crippen LogP contribution in [0.25, 0.3) is 0 Å². The number of benzene rings is 1. The zero-order chi connectivity index (χ0) is 13.2. The Morgan fingerprint density at radius 1 is 1.59 bits per heavy atom. The van der Waals surface area contributed by atoms with Crippen molar-refractivity contribution in [2.75, 3.05) is 19.3 Å². The first-order valence-corrected chi connectivity index (χ1v) is 6.27. The number of nitrogens with two attached hydrogens (primary N) is 1. The van der Waals surface area contributed by atoms with Crippen LogP contribution < -0.4 is 5.73 Å². The van der Waals surface area contributed by atoms with Gasteiger partial charge in [0.1, 0.15) is 4.90 Å². The van der Waals surface area contributed by atoms with E-state index in [2.05, 4.69) is 5.92 Å². The standard InChI is InChI=1S/C10H10ClFN2O2S/c1-3-4-14(2)17(15,16)9-6-7(11)5-8(13)10(9)12/h1,5-6H,4,13H2,2H3. The van der Waals surface area contributed by atoms with Crippen molar-refractivity contribution < 1.29 is 12.8 Å². The summed E-state index contributed by atoms with van der Waals surface area (Å²) in [6, 6.07) is 2.13. The van der Waals surface area contributed by atoms with E-state index in [9.17, 15) is 12.8 Å². The minimum atomic E-state index is -4.03. The molecule has 0 aromatic heterocycles. The Balaban J connectivity index is 3.40. The van der Waals surface area contributed by atoms with E-state index in [0.29, 0.717) is 0 Å². The Morgan fingerprint density at radius 2 is 2.18 bits per heavy atom. The van der Waals surface area contributed by atoms with Crippen molar-refractivity contribution in [3.63, 3.8) is 0 Å². The van der Waals surface area contributed by atoms with Gasteiger partial charge in [0.25, 0.3) is 0 Å². The molecule has 0 heterocycles. The summed E-state index contributed by atoms with van der Waals surface area (Å²) in [5.74, 6) is 1.12. The maximum Gasteiger partial charge on any atom is 0.246 e. The molecule has 1 aromatic carbocycles. The molecular formula is C10H10ClFN2O2S. The highest BCUT2D eigenvalue weighted by Gasteiger charge is 2.25. The van der Waals surface area contributed by atoms with Crippen LogP contribution >= 0.6 is 11.6 Å². The molecule has 92 valence electrons. The van der Waals surface area contributed by atoms with Gasteiger partial charge in [-0.05, 0) is 12.1 Å². The molecule has 1 aromatic rings. The Kier molecular flexibility index (Phi) is 3.98. The molecule has 0 spiro atoms. The third-order valence-corrected chi connectivity index (χ3v) is 4.06. The van der Waals surface area contributed by atoms with Crippen molar-refractivity contribution in [1.29, 1.82) is 0 Å². The van der Waals surface area contributed by atoms with Crippen LogP contribution in [0.3, 0.4) is 0 Å². The van der Waals surface area contributed by atoms with Gasteiger partial charge >= 0.3 is 0 Å². The van der Waals surface area contributed by atoms with E-state index in [1.807, 2.05) is 0 Å². The Morgan fingerprint density at radius 3 is 2.71 bits per heavy atom. The number of hydrogen-bond donors (Lipinski definition) is 1. The predicted octanol–water partition coefficient (Wildman–Crippen LogP) is 1.32. The highest BCUT2D eigenvalue weighted by atomic mass is 35.5. The Labute approximate surface area is 104 Å². The summed E-state index contributed by atoms with van der Waals surface area (Å²) in [6.45, 7) is -0.172. The number of terminal acetylenes is 1. The maximum absolute atomic E-state index is 13.6. The Hall–Kier alpha value is -1.29. The molecule has 0 atom stereocenters. The van der Waals surface area contributed by atoms with Crippen molar-refractivity contribution in [3.05, 3.63) is 23.0 Å². The number of halogens is 2. The molecule has 4 nitrogen and oxygen atoms in total. The minimum absolute atomic E-state index is 0.0385. The third kappa shape index (κ3) is 2.69. The van der Waals surface area contributed by atoms with Gasteiger partial charge in [0.05, 0.1) is 12.2 Å². The number of rotatable bonds is 3. The van der Waals surface area contributed by atoms with Crippen molar-refractivity contribution in [2.45, 2.75) is 4.90 Å². The van der Waals surface area contributed by atoms with Crippen molar-refractivity contribution >= 4 is 27.3 Å². The minimum Gasteiger partial charge on any atom is -0.396 e. The molecule has 2 N–H and O–H groups in total. The zero-order valence-corrected chi connectivity index (χ0v) is 10.5. The monoisotopic (exact) mass is 276 g/mol. The molecule has 0 bridgehead atoms. The number of hydrogen-bond acceptors (Lipinski definition) is 3. The molecule has 7 heteroatoms. The molecule has 0 amide bonds. The quantitative estimate of drug-likeness (QED) is 0.669. The van der Waals surface area contributed by atoms with E-state index < -0.39 is 20.7 Å². The summed E-state index contributed by atoms with van der Waals surface area (Å²) in [4.78, 5) is -0.583. The van der Waals surface area contributed by atoms with Crippen LogP contribution in [0.1, 0.15) is 0 Å². The second-order valence-corrected chi connectivity index (χ2v) is 5.72. The fourth-order valence-corrected chi connectivity index (χ4v) is 2.65. The van der Waals surface area contributed by atoms with E-state index in [-0.39, 0.29) is 17.3 Å².